The van der Waals surface area contributed by atoms with E-state index in [-0.39, 0.29) is 11.9 Å². The number of hydrogen-bond donors (Lipinski definition) is 2. The SMILES string of the molecule is CCCn1cc(C(Cc2ccccc2F)NN)cn1. The van der Waals surface area contributed by atoms with Crippen molar-refractivity contribution < 1.29 is 4.39 Å². The Morgan fingerprint density at radius 1 is 1.42 bits per heavy atom. The van der Waals surface area contributed by atoms with Gasteiger partial charge in [-0.3, -0.25) is 16.0 Å². The fraction of sp³-hybridized carbons (Fsp3) is 0.357. The summed E-state index contributed by atoms with van der Waals surface area (Å²) in [4.78, 5) is 0. The van der Waals surface area contributed by atoms with E-state index < -0.39 is 0 Å². The Balaban J connectivity index is 2.13. The molecule has 1 heterocycles. The van der Waals surface area contributed by atoms with Crippen molar-refractivity contribution in [3.05, 3.63) is 53.6 Å². The molecule has 1 atom stereocenters. The summed E-state index contributed by atoms with van der Waals surface area (Å²) in [6, 6.07) is 6.61. The first kappa shape index (κ1) is 13.7. The molecular formula is C14H19FN4. The summed E-state index contributed by atoms with van der Waals surface area (Å²) in [7, 11) is 0. The Hall–Kier alpha value is -1.72. The summed E-state index contributed by atoms with van der Waals surface area (Å²) >= 11 is 0. The number of hydrogen-bond acceptors (Lipinski definition) is 3. The Morgan fingerprint density at radius 3 is 2.89 bits per heavy atom. The summed E-state index contributed by atoms with van der Waals surface area (Å²) < 4.78 is 15.5. The van der Waals surface area contributed by atoms with Gasteiger partial charge in [-0.15, -0.1) is 0 Å². The second-order valence-corrected chi connectivity index (χ2v) is 4.55. The van der Waals surface area contributed by atoms with Gasteiger partial charge in [-0.2, -0.15) is 5.10 Å². The molecule has 1 aromatic carbocycles. The van der Waals surface area contributed by atoms with E-state index in [9.17, 15) is 4.39 Å². The Morgan fingerprint density at radius 2 is 2.21 bits per heavy atom. The number of nitrogens with two attached hydrogens (primary N) is 1. The number of aromatic nitrogens is 2. The molecule has 1 aromatic heterocycles. The minimum absolute atomic E-state index is 0.137. The van der Waals surface area contributed by atoms with Crippen LogP contribution >= 0.6 is 0 Å². The second kappa shape index (κ2) is 6.45. The van der Waals surface area contributed by atoms with Gasteiger partial charge in [0.2, 0.25) is 0 Å². The lowest BCUT2D eigenvalue weighted by Crippen LogP contribution is -2.29. The van der Waals surface area contributed by atoms with Crippen molar-refractivity contribution in [2.24, 2.45) is 5.84 Å². The third-order valence-corrected chi connectivity index (χ3v) is 3.09. The van der Waals surface area contributed by atoms with E-state index in [0.29, 0.717) is 12.0 Å². The normalized spacial score (nSPS) is 12.6. The average Bonchev–Trinajstić information content (AvgIpc) is 2.87. The first-order valence-corrected chi connectivity index (χ1v) is 6.46. The number of aryl methyl sites for hydroxylation is 1. The third-order valence-electron chi connectivity index (χ3n) is 3.09. The highest BCUT2D eigenvalue weighted by atomic mass is 19.1. The summed E-state index contributed by atoms with van der Waals surface area (Å²) in [5.74, 6) is 5.37. The lowest BCUT2D eigenvalue weighted by molar-refractivity contribution is 0.527. The molecule has 5 heteroatoms. The summed E-state index contributed by atoms with van der Waals surface area (Å²) in [6.45, 7) is 2.97. The van der Waals surface area contributed by atoms with Crippen LogP contribution in [0.25, 0.3) is 0 Å². The zero-order valence-electron chi connectivity index (χ0n) is 11.0. The maximum absolute atomic E-state index is 13.6. The fourth-order valence-electron chi connectivity index (χ4n) is 2.07. The Bertz CT molecular complexity index is 524. The van der Waals surface area contributed by atoms with Crippen molar-refractivity contribution in [1.82, 2.24) is 15.2 Å². The van der Waals surface area contributed by atoms with Crippen molar-refractivity contribution in [3.63, 3.8) is 0 Å². The quantitative estimate of drug-likeness (QED) is 0.619. The zero-order chi connectivity index (χ0) is 13.7. The van der Waals surface area contributed by atoms with E-state index in [0.717, 1.165) is 18.5 Å². The van der Waals surface area contributed by atoms with E-state index in [1.807, 2.05) is 16.9 Å². The molecule has 2 rings (SSSR count). The summed E-state index contributed by atoms with van der Waals surface area (Å²) in [5.41, 5.74) is 4.35. The minimum Gasteiger partial charge on any atom is -0.272 e. The number of rotatable bonds is 6. The van der Waals surface area contributed by atoms with Gasteiger partial charge in [-0.1, -0.05) is 25.1 Å². The molecule has 0 aliphatic carbocycles. The van der Waals surface area contributed by atoms with Gasteiger partial charge in [0.05, 0.1) is 12.2 Å². The molecular weight excluding hydrogens is 243 g/mol. The van der Waals surface area contributed by atoms with Crippen LogP contribution in [0.4, 0.5) is 4.39 Å². The number of nitrogens with zero attached hydrogens (tertiary/aromatic N) is 2. The van der Waals surface area contributed by atoms with Crippen LogP contribution in [-0.2, 0) is 13.0 Å². The molecule has 0 amide bonds. The van der Waals surface area contributed by atoms with Crippen LogP contribution in [0.2, 0.25) is 0 Å². The van der Waals surface area contributed by atoms with Crippen molar-refractivity contribution in [2.45, 2.75) is 32.4 Å². The summed E-state index contributed by atoms with van der Waals surface area (Å²) in [5, 5.41) is 4.27. The van der Waals surface area contributed by atoms with Crippen LogP contribution in [0, 0.1) is 5.82 Å². The Labute approximate surface area is 112 Å². The van der Waals surface area contributed by atoms with Crippen LogP contribution in [0.15, 0.2) is 36.7 Å². The molecule has 0 radical (unpaired) electrons. The Kier molecular flexibility index (Phi) is 4.65. The predicted molar refractivity (Wildman–Crippen MR) is 72.7 cm³/mol. The topological polar surface area (TPSA) is 55.9 Å². The maximum atomic E-state index is 13.6. The number of hydrazine groups is 1. The van der Waals surface area contributed by atoms with Crippen LogP contribution in [-0.4, -0.2) is 9.78 Å². The molecule has 0 aliphatic rings. The largest absolute Gasteiger partial charge is 0.272 e. The van der Waals surface area contributed by atoms with Gasteiger partial charge in [0.15, 0.2) is 0 Å². The first-order chi connectivity index (χ1) is 9.24. The van der Waals surface area contributed by atoms with Crippen molar-refractivity contribution in [1.29, 1.82) is 0 Å². The van der Waals surface area contributed by atoms with Crippen molar-refractivity contribution in [2.75, 3.05) is 0 Å². The van der Waals surface area contributed by atoms with Gasteiger partial charge in [0.25, 0.3) is 0 Å². The summed E-state index contributed by atoms with van der Waals surface area (Å²) in [6.07, 6.45) is 5.26. The number of nitrogens with one attached hydrogen (secondary N) is 1. The van der Waals surface area contributed by atoms with Crippen LogP contribution in [0.3, 0.4) is 0 Å². The smallest absolute Gasteiger partial charge is 0.126 e. The molecule has 1 unspecified atom stereocenters. The number of halogens is 1. The monoisotopic (exact) mass is 262 g/mol. The molecule has 0 spiro atoms. The van der Waals surface area contributed by atoms with E-state index in [1.165, 1.54) is 6.07 Å². The molecule has 3 N–H and O–H groups in total. The van der Waals surface area contributed by atoms with Gasteiger partial charge in [0, 0.05) is 18.3 Å². The lowest BCUT2D eigenvalue weighted by Gasteiger charge is -2.14. The maximum Gasteiger partial charge on any atom is 0.126 e. The van der Waals surface area contributed by atoms with Crippen LogP contribution in [0.1, 0.15) is 30.5 Å². The van der Waals surface area contributed by atoms with E-state index >= 15 is 0 Å². The zero-order valence-corrected chi connectivity index (χ0v) is 11.0. The fourth-order valence-corrected chi connectivity index (χ4v) is 2.07. The predicted octanol–water partition coefficient (Wildman–Crippen LogP) is 2.18. The highest BCUT2D eigenvalue weighted by molar-refractivity contribution is 5.21. The highest BCUT2D eigenvalue weighted by Crippen LogP contribution is 2.19. The lowest BCUT2D eigenvalue weighted by atomic mass is 10.0. The van der Waals surface area contributed by atoms with Crippen LogP contribution in [0.5, 0.6) is 0 Å². The van der Waals surface area contributed by atoms with E-state index in [2.05, 4.69) is 17.4 Å². The molecule has 0 bridgehead atoms. The molecule has 102 valence electrons. The minimum atomic E-state index is -0.205. The van der Waals surface area contributed by atoms with Crippen molar-refractivity contribution >= 4 is 0 Å². The van der Waals surface area contributed by atoms with Crippen molar-refractivity contribution in [3.8, 4) is 0 Å². The standard InChI is InChI=1S/C14H19FN4/c1-2-7-19-10-12(9-17-19)14(18-16)8-11-5-3-4-6-13(11)15/h3-6,9-10,14,18H,2,7-8,16H2,1H3. The van der Waals surface area contributed by atoms with Gasteiger partial charge in [-0.05, 0) is 24.5 Å². The van der Waals surface area contributed by atoms with Gasteiger partial charge in [-0.25, -0.2) is 4.39 Å². The van der Waals surface area contributed by atoms with Gasteiger partial charge >= 0.3 is 0 Å². The van der Waals surface area contributed by atoms with E-state index in [1.54, 1.807) is 18.3 Å². The second-order valence-electron chi connectivity index (χ2n) is 4.55. The molecule has 0 fully saturated rings. The molecule has 0 saturated carbocycles. The molecule has 2 aromatic rings. The van der Waals surface area contributed by atoms with Crippen LogP contribution < -0.4 is 11.3 Å². The number of benzene rings is 1. The highest BCUT2D eigenvalue weighted by Gasteiger charge is 2.14. The molecule has 0 saturated heterocycles. The van der Waals surface area contributed by atoms with E-state index in [4.69, 9.17) is 5.84 Å². The third kappa shape index (κ3) is 3.39. The first-order valence-electron chi connectivity index (χ1n) is 6.46. The van der Waals surface area contributed by atoms with Gasteiger partial charge in [0.1, 0.15) is 5.82 Å². The molecule has 0 aliphatic heterocycles. The molecule has 4 nitrogen and oxygen atoms in total. The van der Waals surface area contributed by atoms with Gasteiger partial charge < -0.3 is 0 Å². The molecule has 19 heavy (non-hydrogen) atoms. The average molecular weight is 262 g/mol.